The molecule has 7 nitrogen and oxygen atoms in total. The van der Waals surface area contributed by atoms with Crippen LogP contribution in [0.25, 0.3) is 22.9 Å². The molecule has 2 N–H and O–H groups in total. The lowest BCUT2D eigenvalue weighted by Gasteiger charge is -2.12. The van der Waals surface area contributed by atoms with E-state index in [0.29, 0.717) is 39.3 Å². The van der Waals surface area contributed by atoms with Gasteiger partial charge in [0.05, 0.1) is 11.4 Å². The smallest absolute Gasteiger partial charge is 0.255 e. The Balaban J connectivity index is 1.52. The molecule has 0 saturated carbocycles. The molecule has 0 spiro atoms. The SMILES string of the molecule is CC(=O)Nc1ccc(Cl)cc1NC(=O)c1ccc(-c2nnc(-c3cccc(C)c3)o2)cc1. The van der Waals surface area contributed by atoms with E-state index in [1.54, 1.807) is 42.5 Å². The molecule has 1 heterocycles. The van der Waals surface area contributed by atoms with Crippen molar-refractivity contribution in [1.82, 2.24) is 10.2 Å². The van der Waals surface area contributed by atoms with Gasteiger partial charge in [0.2, 0.25) is 17.7 Å². The minimum absolute atomic E-state index is 0.253. The van der Waals surface area contributed by atoms with Crippen molar-refractivity contribution in [2.75, 3.05) is 10.6 Å². The summed E-state index contributed by atoms with van der Waals surface area (Å²) in [4.78, 5) is 24.1. The summed E-state index contributed by atoms with van der Waals surface area (Å²) in [6.45, 7) is 3.38. The van der Waals surface area contributed by atoms with Crippen molar-refractivity contribution in [1.29, 1.82) is 0 Å². The lowest BCUT2D eigenvalue weighted by Crippen LogP contribution is -2.15. The summed E-state index contributed by atoms with van der Waals surface area (Å²) in [5.41, 5.74) is 3.91. The van der Waals surface area contributed by atoms with Crippen LogP contribution in [0.2, 0.25) is 5.02 Å². The van der Waals surface area contributed by atoms with E-state index in [2.05, 4.69) is 20.8 Å². The first-order valence-electron chi connectivity index (χ1n) is 9.78. The number of halogens is 1. The molecule has 0 aliphatic heterocycles. The van der Waals surface area contributed by atoms with Gasteiger partial charge in [0, 0.05) is 28.6 Å². The van der Waals surface area contributed by atoms with E-state index in [1.165, 1.54) is 6.92 Å². The van der Waals surface area contributed by atoms with E-state index >= 15 is 0 Å². The van der Waals surface area contributed by atoms with Crippen molar-refractivity contribution in [3.8, 4) is 22.9 Å². The summed E-state index contributed by atoms with van der Waals surface area (Å²) < 4.78 is 5.79. The minimum Gasteiger partial charge on any atom is -0.416 e. The number of carbonyl (C=O) groups excluding carboxylic acids is 2. The molecule has 4 rings (SSSR count). The van der Waals surface area contributed by atoms with E-state index in [9.17, 15) is 9.59 Å². The normalized spacial score (nSPS) is 10.6. The molecule has 0 saturated heterocycles. The summed E-state index contributed by atoms with van der Waals surface area (Å²) in [6.07, 6.45) is 0. The topological polar surface area (TPSA) is 97.1 Å². The van der Waals surface area contributed by atoms with Gasteiger partial charge >= 0.3 is 0 Å². The maximum atomic E-state index is 12.7. The zero-order valence-corrected chi connectivity index (χ0v) is 18.1. The summed E-state index contributed by atoms with van der Waals surface area (Å²) in [7, 11) is 0. The van der Waals surface area contributed by atoms with E-state index in [4.69, 9.17) is 16.0 Å². The highest BCUT2D eigenvalue weighted by Crippen LogP contribution is 2.27. The number of hydrogen-bond donors (Lipinski definition) is 2. The molecule has 2 amide bonds. The number of hydrogen-bond acceptors (Lipinski definition) is 5. The van der Waals surface area contributed by atoms with Crippen LogP contribution in [0.15, 0.2) is 71.1 Å². The van der Waals surface area contributed by atoms with Crippen LogP contribution in [-0.2, 0) is 4.79 Å². The molecule has 0 aliphatic carbocycles. The van der Waals surface area contributed by atoms with E-state index in [-0.39, 0.29) is 11.8 Å². The Morgan fingerprint density at radius 2 is 1.56 bits per heavy atom. The number of nitrogens with zero attached hydrogens (tertiary/aromatic N) is 2. The predicted octanol–water partition coefficient (Wildman–Crippen LogP) is 5.58. The van der Waals surface area contributed by atoms with Gasteiger partial charge in [-0.25, -0.2) is 0 Å². The first-order chi connectivity index (χ1) is 15.4. The third-order valence-electron chi connectivity index (χ3n) is 4.62. The molecule has 4 aromatic rings. The molecule has 32 heavy (non-hydrogen) atoms. The van der Waals surface area contributed by atoms with Crippen LogP contribution in [0.3, 0.4) is 0 Å². The number of benzene rings is 3. The van der Waals surface area contributed by atoms with Crippen LogP contribution in [0.1, 0.15) is 22.8 Å². The highest BCUT2D eigenvalue weighted by atomic mass is 35.5. The third kappa shape index (κ3) is 4.84. The Kier molecular flexibility index (Phi) is 6.00. The summed E-state index contributed by atoms with van der Waals surface area (Å²) in [5, 5.41) is 14.1. The molecule has 0 bridgehead atoms. The van der Waals surface area contributed by atoms with Crippen molar-refractivity contribution in [2.45, 2.75) is 13.8 Å². The second kappa shape index (κ2) is 9.03. The molecular formula is C24H19ClN4O3. The average Bonchev–Trinajstić information content (AvgIpc) is 3.26. The van der Waals surface area contributed by atoms with Gasteiger partial charge in [-0.1, -0.05) is 29.3 Å². The van der Waals surface area contributed by atoms with Gasteiger partial charge in [0.1, 0.15) is 0 Å². The maximum absolute atomic E-state index is 12.7. The second-order valence-corrected chi connectivity index (χ2v) is 7.62. The number of aryl methyl sites for hydroxylation is 1. The molecule has 0 fully saturated rings. The Labute approximate surface area is 189 Å². The molecule has 0 unspecified atom stereocenters. The lowest BCUT2D eigenvalue weighted by atomic mass is 10.1. The minimum atomic E-state index is -0.351. The van der Waals surface area contributed by atoms with Crippen LogP contribution in [-0.4, -0.2) is 22.0 Å². The third-order valence-corrected chi connectivity index (χ3v) is 4.86. The zero-order valence-electron chi connectivity index (χ0n) is 17.3. The molecule has 3 aromatic carbocycles. The molecule has 0 atom stereocenters. The highest BCUT2D eigenvalue weighted by molar-refractivity contribution is 6.31. The highest BCUT2D eigenvalue weighted by Gasteiger charge is 2.14. The van der Waals surface area contributed by atoms with Crippen LogP contribution < -0.4 is 10.6 Å². The number of carbonyl (C=O) groups is 2. The molecule has 160 valence electrons. The zero-order chi connectivity index (χ0) is 22.7. The summed E-state index contributed by atoms with van der Waals surface area (Å²) in [6, 6.07) is 19.4. The van der Waals surface area contributed by atoms with Crippen molar-refractivity contribution in [2.24, 2.45) is 0 Å². The second-order valence-electron chi connectivity index (χ2n) is 7.18. The average molecular weight is 447 g/mol. The van der Waals surface area contributed by atoms with Crippen LogP contribution in [0.4, 0.5) is 11.4 Å². The van der Waals surface area contributed by atoms with Crippen molar-refractivity contribution in [3.05, 3.63) is 82.9 Å². The van der Waals surface area contributed by atoms with Gasteiger partial charge in [-0.2, -0.15) is 0 Å². The fourth-order valence-electron chi connectivity index (χ4n) is 3.11. The van der Waals surface area contributed by atoms with Gasteiger partial charge < -0.3 is 15.1 Å². The van der Waals surface area contributed by atoms with Crippen molar-refractivity contribution >= 4 is 34.8 Å². The van der Waals surface area contributed by atoms with Gasteiger partial charge in [0.15, 0.2) is 0 Å². The number of nitrogens with one attached hydrogen (secondary N) is 2. The Hall–Kier alpha value is -3.97. The molecule has 0 aliphatic rings. The van der Waals surface area contributed by atoms with Gasteiger partial charge in [-0.3, -0.25) is 9.59 Å². The fraction of sp³-hybridized carbons (Fsp3) is 0.0833. The van der Waals surface area contributed by atoms with Gasteiger partial charge in [-0.15, -0.1) is 10.2 Å². The molecule has 1 aromatic heterocycles. The summed E-state index contributed by atoms with van der Waals surface area (Å²) in [5.74, 6) is 0.182. The number of rotatable bonds is 5. The quantitative estimate of drug-likeness (QED) is 0.417. The van der Waals surface area contributed by atoms with Crippen molar-refractivity contribution < 1.29 is 14.0 Å². The standard InChI is InChI=1S/C24H19ClN4O3/c1-14-4-3-5-18(12-14)24-29-28-23(32-24)17-8-6-16(7-9-17)22(31)27-21-13-19(25)10-11-20(21)26-15(2)30/h3-13H,1-2H3,(H,26,30)(H,27,31). The van der Waals surface area contributed by atoms with E-state index < -0.39 is 0 Å². The van der Waals surface area contributed by atoms with E-state index in [0.717, 1.165) is 11.1 Å². The van der Waals surface area contributed by atoms with Crippen molar-refractivity contribution in [3.63, 3.8) is 0 Å². The Morgan fingerprint density at radius 1 is 0.844 bits per heavy atom. The lowest BCUT2D eigenvalue weighted by molar-refractivity contribution is -0.114. The van der Waals surface area contributed by atoms with Crippen LogP contribution in [0.5, 0.6) is 0 Å². The predicted molar refractivity (Wildman–Crippen MR) is 124 cm³/mol. The Bertz CT molecular complexity index is 1300. The van der Waals surface area contributed by atoms with Crippen LogP contribution in [0, 0.1) is 6.92 Å². The van der Waals surface area contributed by atoms with Crippen LogP contribution >= 0.6 is 11.6 Å². The fourth-order valence-corrected chi connectivity index (χ4v) is 3.28. The van der Waals surface area contributed by atoms with Gasteiger partial charge in [0.25, 0.3) is 5.91 Å². The van der Waals surface area contributed by atoms with E-state index in [1.807, 2.05) is 31.2 Å². The summed E-state index contributed by atoms with van der Waals surface area (Å²) >= 11 is 6.04. The number of aromatic nitrogens is 2. The van der Waals surface area contributed by atoms with Gasteiger partial charge in [-0.05, 0) is 61.5 Å². The molecular weight excluding hydrogens is 428 g/mol. The number of amides is 2. The Morgan fingerprint density at radius 3 is 2.25 bits per heavy atom. The largest absolute Gasteiger partial charge is 0.416 e. The first-order valence-corrected chi connectivity index (χ1v) is 10.2. The molecule has 0 radical (unpaired) electrons. The number of anilines is 2. The first kappa shape index (κ1) is 21.3. The molecule has 8 heteroatoms. The maximum Gasteiger partial charge on any atom is 0.255 e. The monoisotopic (exact) mass is 446 g/mol.